The van der Waals surface area contributed by atoms with Gasteiger partial charge in [0.1, 0.15) is 4.47 Å². The molecule has 0 aliphatic rings. The second-order valence-electron chi connectivity index (χ2n) is 4.20. The molecule has 2 aromatic carbocycles. The molecule has 0 aromatic heterocycles. The summed E-state index contributed by atoms with van der Waals surface area (Å²) in [4.78, 5) is 22.4. The van der Waals surface area contributed by atoms with Crippen LogP contribution in [-0.2, 0) is 6.61 Å². The lowest BCUT2D eigenvalue weighted by Gasteiger charge is -2.07. The molecule has 0 unspecified atom stereocenters. The van der Waals surface area contributed by atoms with Crippen molar-refractivity contribution in [3.63, 3.8) is 0 Å². The van der Waals surface area contributed by atoms with Gasteiger partial charge in [-0.3, -0.25) is 14.9 Å². The second kappa shape index (κ2) is 6.47. The number of anilines is 1. The number of benzene rings is 2. The molecular formula is C14H11BrN2O4. The Balaban J connectivity index is 2.24. The van der Waals surface area contributed by atoms with Crippen LogP contribution in [0.3, 0.4) is 0 Å². The summed E-state index contributed by atoms with van der Waals surface area (Å²) in [5.41, 5.74) is 1.27. The van der Waals surface area contributed by atoms with Crippen molar-refractivity contribution in [2.75, 3.05) is 5.32 Å². The molecule has 0 atom stereocenters. The Bertz CT molecular complexity index is 686. The van der Waals surface area contributed by atoms with Crippen molar-refractivity contribution >= 4 is 33.2 Å². The molecule has 2 aromatic rings. The predicted octanol–water partition coefficient (Wildman–Crippen LogP) is 3.10. The van der Waals surface area contributed by atoms with Gasteiger partial charge in [0.15, 0.2) is 0 Å². The maximum absolute atomic E-state index is 12.2. The summed E-state index contributed by atoms with van der Waals surface area (Å²) < 4.78 is 0.138. The fourth-order valence-corrected chi connectivity index (χ4v) is 2.32. The smallest absolute Gasteiger partial charge is 0.284 e. The maximum Gasteiger partial charge on any atom is 0.284 e. The lowest BCUT2D eigenvalue weighted by Crippen LogP contribution is -2.13. The van der Waals surface area contributed by atoms with Crippen molar-refractivity contribution in [1.82, 2.24) is 0 Å². The average molecular weight is 351 g/mol. The Labute approximate surface area is 128 Å². The minimum Gasteiger partial charge on any atom is -0.392 e. The number of nitrogens with zero attached hydrogens (tertiary/aromatic N) is 1. The summed E-state index contributed by atoms with van der Waals surface area (Å²) in [5.74, 6) is -0.456. The highest BCUT2D eigenvalue weighted by Crippen LogP contribution is 2.28. The van der Waals surface area contributed by atoms with Crippen LogP contribution in [0.5, 0.6) is 0 Å². The fraction of sp³-hybridized carbons (Fsp3) is 0.0714. The molecule has 0 spiro atoms. The minimum absolute atomic E-state index is 0.0787. The number of nitro benzene ring substituents is 1. The summed E-state index contributed by atoms with van der Waals surface area (Å²) in [7, 11) is 0. The Kier molecular flexibility index (Phi) is 4.66. The Morgan fingerprint density at radius 3 is 2.48 bits per heavy atom. The van der Waals surface area contributed by atoms with E-state index in [1.807, 2.05) is 0 Å². The Morgan fingerprint density at radius 1 is 1.24 bits per heavy atom. The quantitative estimate of drug-likeness (QED) is 0.654. The van der Waals surface area contributed by atoms with Crippen LogP contribution in [0, 0.1) is 10.1 Å². The predicted molar refractivity (Wildman–Crippen MR) is 81.1 cm³/mol. The Hall–Kier alpha value is -2.25. The van der Waals surface area contributed by atoms with Gasteiger partial charge in [-0.15, -0.1) is 0 Å². The molecule has 7 heteroatoms. The highest BCUT2D eigenvalue weighted by molar-refractivity contribution is 9.10. The van der Waals surface area contributed by atoms with Gasteiger partial charge in [0.25, 0.3) is 11.6 Å². The molecular weight excluding hydrogens is 340 g/mol. The normalized spacial score (nSPS) is 10.2. The van der Waals surface area contributed by atoms with E-state index in [1.54, 1.807) is 24.3 Å². The number of hydrogen-bond acceptors (Lipinski definition) is 4. The molecule has 21 heavy (non-hydrogen) atoms. The van der Waals surface area contributed by atoms with Gasteiger partial charge in [-0.05, 0) is 39.7 Å². The number of carbonyl (C=O) groups excluding carboxylic acids is 1. The van der Waals surface area contributed by atoms with Crippen molar-refractivity contribution in [3.05, 3.63) is 68.2 Å². The number of halogens is 1. The third-order valence-corrected chi connectivity index (χ3v) is 3.65. The molecule has 0 radical (unpaired) electrons. The number of carbonyl (C=O) groups is 1. The number of amides is 1. The van der Waals surface area contributed by atoms with Crippen molar-refractivity contribution in [2.24, 2.45) is 0 Å². The van der Waals surface area contributed by atoms with E-state index in [0.717, 1.165) is 5.56 Å². The van der Waals surface area contributed by atoms with Crippen LogP contribution < -0.4 is 5.32 Å². The highest BCUT2D eigenvalue weighted by Gasteiger charge is 2.19. The summed E-state index contributed by atoms with van der Waals surface area (Å²) in [6.07, 6.45) is 0. The molecule has 108 valence electrons. The molecule has 1 amide bonds. The molecule has 0 saturated carbocycles. The number of aliphatic hydroxyl groups is 1. The largest absolute Gasteiger partial charge is 0.392 e. The van der Waals surface area contributed by atoms with Gasteiger partial charge >= 0.3 is 0 Å². The van der Waals surface area contributed by atoms with E-state index in [0.29, 0.717) is 5.69 Å². The van der Waals surface area contributed by atoms with E-state index in [-0.39, 0.29) is 22.3 Å². The first-order valence-corrected chi connectivity index (χ1v) is 6.76. The summed E-state index contributed by atoms with van der Waals surface area (Å²) >= 11 is 3.08. The van der Waals surface area contributed by atoms with Crippen LogP contribution in [0.25, 0.3) is 0 Å². The molecule has 0 heterocycles. The monoisotopic (exact) mass is 350 g/mol. The zero-order chi connectivity index (χ0) is 15.4. The number of nitrogens with one attached hydrogen (secondary N) is 1. The topological polar surface area (TPSA) is 92.5 Å². The van der Waals surface area contributed by atoms with Crippen LogP contribution in [0.4, 0.5) is 11.4 Å². The zero-order valence-corrected chi connectivity index (χ0v) is 12.3. The molecule has 6 nitrogen and oxygen atoms in total. The van der Waals surface area contributed by atoms with Crippen LogP contribution in [-0.4, -0.2) is 15.9 Å². The SMILES string of the molecule is O=C(Nc1ccc(CO)cc1)c1cccc([N+](=O)[O-])c1Br. The zero-order valence-electron chi connectivity index (χ0n) is 10.7. The van der Waals surface area contributed by atoms with Gasteiger partial charge in [0.05, 0.1) is 17.1 Å². The van der Waals surface area contributed by atoms with Gasteiger partial charge in [-0.2, -0.15) is 0 Å². The fourth-order valence-electron chi connectivity index (χ4n) is 1.73. The van der Waals surface area contributed by atoms with Crippen LogP contribution in [0.2, 0.25) is 0 Å². The number of hydrogen-bond donors (Lipinski definition) is 2. The lowest BCUT2D eigenvalue weighted by atomic mass is 10.1. The third kappa shape index (κ3) is 3.45. The average Bonchev–Trinajstić information content (AvgIpc) is 2.47. The lowest BCUT2D eigenvalue weighted by molar-refractivity contribution is -0.385. The summed E-state index contributed by atoms with van der Waals surface area (Å²) in [6, 6.07) is 10.9. The maximum atomic E-state index is 12.2. The number of nitro groups is 1. The first-order valence-electron chi connectivity index (χ1n) is 5.97. The number of aliphatic hydroxyl groups excluding tert-OH is 1. The van der Waals surface area contributed by atoms with E-state index >= 15 is 0 Å². The van der Waals surface area contributed by atoms with Gasteiger partial charge in [-0.1, -0.05) is 18.2 Å². The van der Waals surface area contributed by atoms with Crippen LogP contribution in [0.1, 0.15) is 15.9 Å². The molecule has 2 rings (SSSR count). The van der Waals surface area contributed by atoms with E-state index in [2.05, 4.69) is 21.2 Å². The molecule has 2 N–H and O–H groups in total. The molecule has 0 aliphatic heterocycles. The van der Waals surface area contributed by atoms with E-state index < -0.39 is 10.8 Å². The molecule has 0 saturated heterocycles. The summed E-state index contributed by atoms with van der Waals surface area (Å²) in [5, 5.41) is 22.4. The van der Waals surface area contributed by atoms with Crippen LogP contribution >= 0.6 is 15.9 Å². The van der Waals surface area contributed by atoms with Crippen LogP contribution in [0.15, 0.2) is 46.9 Å². The van der Waals surface area contributed by atoms with Gasteiger partial charge < -0.3 is 10.4 Å². The molecule has 0 bridgehead atoms. The van der Waals surface area contributed by atoms with E-state index in [4.69, 9.17) is 5.11 Å². The number of rotatable bonds is 4. The van der Waals surface area contributed by atoms with Gasteiger partial charge in [-0.25, -0.2) is 0 Å². The van der Waals surface area contributed by atoms with Gasteiger partial charge in [0.2, 0.25) is 0 Å². The Morgan fingerprint density at radius 2 is 1.90 bits per heavy atom. The third-order valence-electron chi connectivity index (χ3n) is 2.81. The van der Waals surface area contributed by atoms with Crippen molar-refractivity contribution < 1.29 is 14.8 Å². The van der Waals surface area contributed by atoms with Crippen molar-refractivity contribution in [1.29, 1.82) is 0 Å². The first kappa shape index (κ1) is 15.1. The van der Waals surface area contributed by atoms with E-state index in [9.17, 15) is 14.9 Å². The summed E-state index contributed by atoms with van der Waals surface area (Å²) in [6.45, 7) is -0.0787. The van der Waals surface area contributed by atoms with Gasteiger partial charge in [0, 0.05) is 11.8 Å². The van der Waals surface area contributed by atoms with E-state index in [1.165, 1.54) is 18.2 Å². The molecule has 0 fully saturated rings. The second-order valence-corrected chi connectivity index (χ2v) is 5.00. The highest BCUT2D eigenvalue weighted by atomic mass is 79.9. The van der Waals surface area contributed by atoms with Crippen molar-refractivity contribution in [2.45, 2.75) is 6.61 Å². The minimum atomic E-state index is -0.559. The molecule has 0 aliphatic carbocycles. The standard InChI is InChI=1S/C14H11BrN2O4/c15-13-11(2-1-3-12(13)17(20)21)14(19)16-10-6-4-9(8-18)5-7-10/h1-7,18H,8H2,(H,16,19). The first-order chi connectivity index (χ1) is 10.0. The van der Waals surface area contributed by atoms with Crippen molar-refractivity contribution in [3.8, 4) is 0 Å².